The first-order valence-electron chi connectivity index (χ1n) is 6.63. The number of hydrogen-bond donors (Lipinski definition) is 1. The molecule has 1 saturated carbocycles. The quantitative estimate of drug-likeness (QED) is 0.873. The molecular weight excluding hydrogens is 210 g/mol. The molecule has 0 spiro atoms. The normalized spacial score (nSPS) is 25.1. The average Bonchev–Trinajstić information content (AvgIpc) is 2.69. The first-order chi connectivity index (χ1) is 7.87. The molecule has 1 aliphatic rings. The second-order valence-electron chi connectivity index (χ2n) is 6.34. The molecule has 96 valence electrons. The molecule has 2 unspecified atom stereocenters. The maximum Gasteiger partial charge on any atom is 0.0641 e. The molecule has 1 aromatic rings. The Balaban J connectivity index is 1.98. The molecule has 3 nitrogen and oxygen atoms in total. The Bertz CT molecular complexity index is 392. The lowest BCUT2D eigenvalue weighted by Gasteiger charge is -2.21. The van der Waals surface area contributed by atoms with E-state index in [1.807, 2.05) is 11.7 Å². The van der Waals surface area contributed by atoms with Gasteiger partial charge >= 0.3 is 0 Å². The lowest BCUT2D eigenvalue weighted by Crippen LogP contribution is -2.30. The zero-order valence-electron chi connectivity index (χ0n) is 11.7. The zero-order valence-corrected chi connectivity index (χ0v) is 11.7. The Labute approximate surface area is 105 Å². The van der Waals surface area contributed by atoms with Gasteiger partial charge in [0.25, 0.3) is 0 Å². The third-order valence-electron chi connectivity index (χ3n) is 3.97. The molecule has 0 aliphatic heterocycles. The van der Waals surface area contributed by atoms with Gasteiger partial charge in [-0.15, -0.1) is 0 Å². The van der Waals surface area contributed by atoms with Crippen LogP contribution in [0.3, 0.4) is 0 Å². The summed E-state index contributed by atoms with van der Waals surface area (Å²) < 4.78 is 1.90. The number of hydrogen-bond acceptors (Lipinski definition) is 2. The monoisotopic (exact) mass is 235 g/mol. The summed E-state index contributed by atoms with van der Waals surface area (Å²) in [6.07, 6.45) is 6.06. The predicted octanol–water partition coefficient (Wildman–Crippen LogP) is 2.96. The Morgan fingerprint density at radius 2 is 2.24 bits per heavy atom. The van der Waals surface area contributed by atoms with Gasteiger partial charge in [0.1, 0.15) is 0 Å². The van der Waals surface area contributed by atoms with Gasteiger partial charge in [0, 0.05) is 30.9 Å². The van der Waals surface area contributed by atoms with Crippen molar-refractivity contribution in [3.63, 3.8) is 0 Å². The highest BCUT2D eigenvalue weighted by Crippen LogP contribution is 2.37. The van der Waals surface area contributed by atoms with Gasteiger partial charge in [-0.3, -0.25) is 4.68 Å². The van der Waals surface area contributed by atoms with Gasteiger partial charge in [0.15, 0.2) is 0 Å². The van der Waals surface area contributed by atoms with Crippen molar-refractivity contribution < 1.29 is 0 Å². The highest BCUT2D eigenvalue weighted by atomic mass is 15.3. The molecule has 3 heteroatoms. The molecular formula is C14H25N3. The number of aromatic nitrogens is 2. The molecule has 2 rings (SSSR count). The number of rotatable bonds is 3. The summed E-state index contributed by atoms with van der Waals surface area (Å²) in [4.78, 5) is 0. The smallest absolute Gasteiger partial charge is 0.0641 e. The number of nitrogens with zero attached hydrogens (tertiary/aromatic N) is 2. The molecule has 1 N–H and O–H groups in total. The Hall–Kier alpha value is -0.830. The van der Waals surface area contributed by atoms with Crippen molar-refractivity contribution in [1.29, 1.82) is 0 Å². The maximum atomic E-state index is 4.41. The minimum absolute atomic E-state index is 0.405. The van der Waals surface area contributed by atoms with Gasteiger partial charge in [0.05, 0.1) is 5.69 Å². The first-order valence-corrected chi connectivity index (χ1v) is 6.63. The van der Waals surface area contributed by atoms with Crippen molar-refractivity contribution in [2.45, 2.75) is 59.0 Å². The maximum absolute atomic E-state index is 4.41. The largest absolute Gasteiger partial charge is 0.307 e. The fourth-order valence-corrected chi connectivity index (χ4v) is 3.06. The van der Waals surface area contributed by atoms with Crippen LogP contribution in [0, 0.1) is 12.3 Å². The van der Waals surface area contributed by atoms with Crippen LogP contribution in [0.2, 0.25) is 0 Å². The van der Waals surface area contributed by atoms with E-state index in [1.54, 1.807) is 0 Å². The van der Waals surface area contributed by atoms with E-state index in [1.165, 1.54) is 24.8 Å². The van der Waals surface area contributed by atoms with Crippen molar-refractivity contribution in [1.82, 2.24) is 15.1 Å². The SMILES string of the molecule is Cc1nn(C)cc1C(C)NC1CCC(C)(C)C1. The van der Waals surface area contributed by atoms with Crippen molar-refractivity contribution in [2.75, 3.05) is 0 Å². The topological polar surface area (TPSA) is 29.9 Å². The van der Waals surface area contributed by atoms with Crippen LogP contribution in [0.4, 0.5) is 0 Å². The standard InChI is InChI=1S/C14H25N3/c1-10(13-9-17(5)16-11(13)2)15-12-6-7-14(3,4)8-12/h9-10,12,15H,6-8H2,1-5H3. The molecule has 1 aliphatic carbocycles. The van der Waals surface area contributed by atoms with Crippen LogP contribution < -0.4 is 5.32 Å². The van der Waals surface area contributed by atoms with Gasteiger partial charge < -0.3 is 5.32 Å². The van der Waals surface area contributed by atoms with Gasteiger partial charge in [-0.25, -0.2) is 0 Å². The van der Waals surface area contributed by atoms with Crippen molar-refractivity contribution in [3.8, 4) is 0 Å². The van der Waals surface area contributed by atoms with Gasteiger partial charge in [-0.1, -0.05) is 13.8 Å². The molecule has 1 fully saturated rings. The van der Waals surface area contributed by atoms with Crippen molar-refractivity contribution >= 4 is 0 Å². The summed E-state index contributed by atoms with van der Waals surface area (Å²) >= 11 is 0. The van der Waals surface area contributed by atoms with Crippen LogP contribution in [0.1, 0.15) is 57.3 Å². The van der Waals surface area contributed by atoms with Crippen LogP contribution in [-0.4, -0.2) is 15.8 Å². The van der Waals surface area contributed by atoms with E-state index in [-0.39, 0.29) is 0 Å². The van der Waals surface area contributed by atoms with E-state index in [0.717, 1.165) is 5.69 Å². The second-order valence-corrected chi connectivity index (χ2v) is 6.34. The summed E-state index contributed by atoms with van der Waals surface area (Å²) in [7, 11) is 1.99. The van der Waals surface area contributed by atoms with E-state index < -0.39 is 0 Å². The van der Waals surface area contributed by atoms with Crippen LogP contribution in [0.15, 0.2) is 6.20 Å². The zero-order chi connectivity index (χ0) is 12.6. The van der Waals surface area contributed by atoms with Crippen molar-refractivity contribution in [3.05, 3.63) is 17.5 Å². The van der Waals surface area contributed by atoms with E-state index in [0.29, 0.717) is 17.5 Å². The third kappa shape index (κ3) is 2.89. The molecule has 0 aromatic carbocycles. The highest BCUT2D eigenvalue weighted by molar-refractivity contribution is 5.19. The van der Waals surface area contributed by atoms with Gasteiger partial charge in [0.2, 0.25) is 0 Å². The number of nitrogens with one attached hydrogen (secondary N) is 1. The second kappa shape index (κ2) is 4.45. The number of aryl methyl sites for hydroxylation is 2. The molecule has 1 heterocycles. The minimum Gasteiger partial charge on any atom is -0.307 e. The first kappa shape index (κ1) is 12.6. The third-order valence-corrected chi connectivity index (χ3v) is 3.97. The van der Waals surface area contributed by atoms with E-state index >= 15 is 0 Å². The molecule has 0 amide bonds. The lowest BCUT2D eigenvalue weighted by atomic mass is 9.91. The summed E-state index contributed by atoms with van der Waals surface area (Å²) in [5, 5.41) is 8.16. The Kier molecular flexibility index (Phi) is 3.30. The van der Waals surface area contributed by atoms with Crippen LogP contribution in [0.5, 0.6) is 0 Å². The molecule has 0 saturated heterocycles. The fraction of sp³-hybridized carbons (Fsp3) is 0.786. The minimum atomic E-state index is 0.405. The lowest BCUT2D eigenvalue weighted by molar-refractivity contribution is 0.356. The van der Waals surface area contributed by atoms with Crippen LogP contribution in [-0.2, 0) is 7.05 Å². The Morgan fingerprint density at radius 3 is 2.71 bits per heavy atom. The molecule has 2 atom stereocenters. The van der Waals surface area contributed by atoms with Crippen molar-refractivity contribution in [2.24, 2.45) is 12.5 Å². The summed E-state index contributed by atoms with van der Waals surface area (Å²) in [5.74, 6) is 0. The average molecular weight is 235 g/mol. The predicted molar refractivity (Wildman–Crippen MR) is 70.9 cm³/mol. The highest BCUT2D eigenvalue weighted by Gasteiger charge is 2.31. The van der Waals surface area contributed by atoms with Crippen LogP contribution in [0.25, 0.3) is 0 Å². The molecule has 17 heavy (non-hydrogen) atoms. The van der Waals surface area contributed by atoms with E-state index in [4.69, 9.17) is 0 Å². The van der Waals surface area contributed by atoms with E-state index in [9.17, 15) is 0 Å². The summed E-state index contributed by atoms with van der Waals surface area (Å²) in [6, 6.07) is 1.07. The summed E-state index contributed by atoms with van der Waals surface area (Å²) in [5.41, 5.74) is 2.99. The molecule has 1 aromatic heterocycles. The fourth-order valence-electron chi connectivity index (χ4n) is 3.06. The van der Waals surface area contributed by atoms with Gasteiger partial charge in [-0.2, -0.15) is 5.10 Å². The molecule has 0 radical (unpaired) electrons. The Morgan fingerprint density at radius 1 is 1.53 bits per heavy atom. The molecule has 0 bridgehead atoms. The van der Waals surface area contributed by atoms with Crippen LogP contribution >= 0.6 is 0 Å². The van der Waals surface area contributed by atoms with E-state index in [2.05, 4.69) is 44.3 Å². The van der Waals surface area contributed by atoms with Gasteiger partial charge in [-0.05, 0) is 38.5 Å². The summed E-state index contributed by atoms with van der Waals surface area (Å²) in [6.45, 7) is 9.07.